The first-order chi connectivity index (χ1) is 13.0. The van der Waals surface area contributed by atoms with E-state index >= 15 is 0 Å². The second kappa shape index (κ2) is 6.84. The first kappa shape index (κ1) is 17.8. The predicted octanol–water partition coefficient (Wildman–Crippen LogP) is 2.47. The molecule has 3 heterocycles. The average molecular weight is 372 g/mol. The third kappa shape index (κ3) is 3.14. The molecular weight excluding hydrogens is 348 g/mol. The number of nitrogens with two attached hydrogens (primary N) is 1. The van der Waals surface area contributed by atoms with E-state index in [0.29, 0.717) is 23.2 Å². The lowest BCUT2D eigenvalue weighted by molar-refractivity contribution is 0.0377. The maximum atomic E-state index is 12.4. The van der Waals surface area contributed by atoms with Crippen LogP contribution in [0, 0.1) is 0 Å². The third-order valence-corrected chi connectivity index (χ3v) is 5.96. The molecule has 8 heteroatoms. The Morgan fingerprint density at radius 3 is 2.52 bits per heavy atom. The molecule has 0 saturated carbocycles. The zero-order valence-corrected chi connectivity index (χ0v) is 15.6. The first-order valence-electron chi connectivity index (χ1n) is 9.27. The SMILES string of the molecule is COc1ccc2c(c1)c(C(=O)OC(N)=O)nn2C1CC2CCCC(C1)N2C. The van der Waals surface area contributed by atoms with Crippen LogP contribution in [0.2, 0.25) is 0 Å². The molecule has 2 aliphatic rings. The number of esters is 1. The molecule has 8 nitrogen and oxygen atoms in total. The van der Waals surface area contributed by atoms with E-state index in [1.54, 1.807) is 13.2 Å². The number of nitrogens with zero attached hydrogens (tertiary/aromatic N) is 3. The lowest BCUT2D eigenvalue weighted by atomic mass is 9.82. The molecule has 2 saturated heterocycles. The molecule has 27 heavy (non-hydrogen) atoms. The van der Waals surface area contributed by atoms with Crippen LogP contribution in [0.15, 0.2) is 18.2 Å². The second-order valence-corrected chi connectivity index (χ2v) is 7.41. The van der Waals surface area contributed by atoms with Crippen molar-refractivity contribution < 1.29 is 19.1 Å². The van der Waals surface area contributed by atoms with Gasteiger partial charge in [-0.1, -0.05) is 6.42 Å². The zero-order chi connectivity index (χ0) is 19.1. The molecular formula is C19H24N4O4. The van der Waals surface area contributed by atoms with Gasteiger partial charge in [-0.15, -0.1) is 0 Å². The van der Waals surface area contributed by atoms with Crippen LogP contribution in [-0.2, 0) is 4.74 Å². The summed E-state index contributed by atoms with van der Waals surface area (Å²) in [6.07, 6.45) is 4.47. The number of hydrogen-bond donors (Lipinski definition) is 1. The van der Waals surface area contributed by atoms with E-state index in [-0.39, 0.29) is 11.7 Å². The van der Waals surface area contributed by atoms with Crippen LogP contribution in [0.5, 0.6) is 5.75 Å². The molecule has 0 spiro atoms. The summed E-state index contributed by atoms with van der Waals surface area (Å²) in [7, 11) is 3.76. The highest BCUT2D eigenvalue weighted by molar-refractivity contribution is 6.05. The molecule has 0 aliphatic carbocycles. The van der Waals surface area contributed by atoms with E-state index in [1.165, 1.54) is 19.3 Å². The van der Waals surface area contributed by atoms with Gasteiger partial charge in [-0.05, 0) is 50.9 Å². The number of primary amides is 1. The van der Waals surface area contributed by atoms with E-state index in [0.717, 1.165) is 18.4 Å². The topological polar surface area (TPSA) is 99.7 Å². The van der Waals surface area contributed by atoms with Gasteiger partial charge < -0.3 is 20.1 Å². The largest absolute Gasteiger partial charge is 0.497 e. The Labute approximate surface area is 157 Å². The number of fused-ring (bicyclic) bond motifs is 3. The summed E-state index contributed by atoms with van der Waals surface area (Å²) < 4.78 is 11.8. The van der Waals surface area contributed by atoms with Crippen LogP contribution in [-0.4, -0.2) is 53.0 Å². The summed E-state index contributed by atoms with van der Waals surface area (Å²) in [4.78, 5) is 25.9. The number of methoxy groups -OCH3 is 1. The maximum absolute atomic E-state index is 12.4. The van der Waals surface area contributed by atoms with Crippen LogP contribution < -0.4 is 10.5 Å². The van der Waals surface area contributed by atoms with Crippen LogP contribution in [0.3, 0.4) is 0 Å². The predicted molar refractivity (Wildman–Crippen MR) is 98.7 cm³/mol. The van der Waals surface area contributed by atoms with Crippen molar-refractivity contribution in [1.29, 1.82) is 0 Å². The Bertz CT molecular complexity index is 879. The Balaban J connectivity index is 1.76. The van der Waals surface area contributed by atoms with E-state index in [4.69, 9.17) is 10.5 Å². The number of aromatic nitrogens is 2. The zero-order valence-electron chi connectivity index (χ0n) is 15.6. The number of benzene rings is 1. The van der Waals surface area contributed by atoms with Gasteiger partial charge in [0.05, 0.1) is 18.7 Å². The average Bonchev–Trinajstić information content (AvgIpc) is 2.99. The number of hydrogen-bond acceptors (Lipinski definition) is 6. The van der Waals surface area contributed by atoms with Gasteiger partial charge in [-0.3, -0.25) is 4.68 Å². The summed E-state index contributed by atoms with van der Waals surface area (Å²) in [5, 5.41) is 5.16. The Hall–Kier alpha value is -2.61. The van der Waals surface area contributed by atoms with Gasteiger partial charge in [0.25, 0.3) is 0 Å². The van der Waals surface area contributed by atoms with Gasteiger partial charge in [0.2, 0.25) is 0 Å². The minimum atomic E-state index is -1.14. The van der Waals surface area contributed by atoms with Crippen molar-refractivity contribution in [3.63, 3.8) is 0 Å². The number of amides is 1. The third-order valence-electron chi connectivity index (χ3n) is 5.96. The van der Waals surface area contributed by atoms with Crippen LogP contribution in [0.1, 0.15) is 48.6 Å². The van der Waals surface area contributed by atoms with Crippen molar-refractivity contribution in [3.05, 3.63) is 23.9 Å². The molecule has 4 rings (SSSR count). The van der Waals surface area contributed by atoms with Crippen molar-refractivity contribution in [2.45, 2.75) is 50.2 Å². The van der Waals surface area contributed by atoms with E-state index < -0.39 is 12.1 Å². The molecule has 0 radical (unpaired) electrons. The lowest BCUT2D eigenvalue weighted by Crippen LogP contribution is -2.50. The lowest BCUT2D eigenvalue weighted by Gasteiger charge is -2.47. The highest BCUT2D eigenvalue weighted by Crippen LogP contribution is 2.39. The fourth-order valence-electron chi connectivity index (χ4n) is 4.60. The quantitative estimate of drug-likeness (QED) is 0.656. The van der Waals surface area contributed by atoms with Gasteiger partial charge >= 0.3 is 12.1 Å². The molecule has 2 aromatic rings. The summed E-state index contributed by atoms with van der Waals surface area (Å²) in [6, 6.07) is 6.74. The second-order valence-electron chi connectivity index (χ2n) is 7.41. The maximum Gasteiger partial charge on any atom is 0.412 e. The monoisotopic (exact) mass is 372 g/mol. The number of ether oxygens (including phenoxy) is 2. The van der Waals surface area contributed by atoms with Gasteiger partial charge in [0, 0.05) is 17.5 Å². The van der Waals surface area contributed by atoms with Gasteiger partial charge in [-0.25, -0.2) is 9.59 Å². The number of rotatable bonds is 3. The smallest absolute Gasteiger partial charge is 0.412 e. The summed E-state index contributed by atoms with van der Waals surface area (Å²) >= 11 is 0. The Kier molecular flexibility index (Phi) is 4.51. The number of carbonyl (C=O) groups is 2. The highest BCUT2D eigenvalue weighted by atomic mass is 16.6. The van der Waals surface area contributed by atoms with Crippen molar-refractivity contribution in [1.82, 2.24) is 14.7 Å². The summed E-state index contributed by atoms with van der Waals surface area (Å²) in [5.74, 6) is -0.233. The molecule has 2 fully saturated rings. The molecule has 2 unspecified atom stereocenters. The number of piperidine rings is 2. The summed E-state index contributed by atoms with van der Waals surface area (Å²) in [6.45, 7) is 0. The first-order valence-corrected chi connectivity index (χ1v) is 9.27. The van der Waals surface area contributed by atoms with Gasteiger partial charge in [0.15, 0.2) is 5.69 Å². The number of carbonyl (C=O) groups excluding carboxylic acids is 2. The minimum absolute atomic E-state index is 0.0896. The normalized spacial score (nSPS) is 25.3. The van der Waals surface area contributed by atoms with E-state index in [1.807, 2.05) is 16.8 Å². The fourth-order valence-corrected chi connectivity index (χ4v) is 4.60. The highest BCUT2D eigenvalue weighted by Gasteiger charge is 2.38. The molecule has 1 aromatic carbocycles. The fraction of sp³-hybridized carbons (Fsp3) is 0.526. The van der Waals surface area contributed by atoms with E-state index in [2.05, 4.69) is 21.8 Å². The van der Waals surface area contributed by atoms with E-state index in [9.17, 15) is 9.59 Å². The van der Waals surface area contributed by atoms with Crippen LogP contribution >= 0.6 is 0 Å². The molecule has 1 aromatic heterocycles. The van der Waals surface area contributed by atoms with Gasteiger partial charge in [-0.2, -0.15) is 5.10 Å². The molecule has 2 N–H and O–H groups in total. The Morgan fingerprint density at radius 1 is 1.19 bits per heavy atom. The van der Waals surface area contributed by atoms with Gasteiger partial charge in [0.1, 0.15) is 5.75 Å². The van der Waals surface area contributed by atoms with Crippen molar-refractivity contribution in [2.75, 3.05) is 14.2 Å². The van der Waals surface area contributed by atoms with Crippen molar-refractivity contribution >= 4 is 23.0 Å². The summed E-state index contributed by atoms with van der Waals surface area (Å²) in [5.41, 5.74) is 5.93. The Morgan fingerprint density at radius 2 is 1.89 bits per heavy atom. The van der Waals surface area contributed by atoms with Crippen LogP contribution in [0.25, 0.3) is 10.9 Å². The van der Waals surface area contributed by atoms with Crippen molar-refractivity contribution in [3.8, 4) is 5.75 Å². The minimum Gasteiger partial charge on any atom is -0.497 e. The van der Waals surface area contributed by atoms with Crippen molar-refractivity contribution in [2.24, 2.45) is 5.73 Å². The molecule has 2 atom stereocenters. The van der Waals surface area contributed by atoms with Crippen LogP contribution in [0.4, 0.5) is 4.79 Å². The molecule has 2 bridgehead atoms. The molecule has 2 aliphatic heterocycles. The standard InChI is InChI=1S/C19H24N4O4/c1-22-11-4-3-5-12(22)9-13(8-11)23-16-7-6-14(26-2)10-15(16)17(21-23)18(24)27-19(20)25/h6-7,10-13H,3-5,8-9H2,1-2H3,(H2,20,25). The molecule has 1 amide bonds. The molecule has 144 valence electrons.